The van der Waals surface area contributed by atoms with E-state index in [0.29, 0.717) is 5.69 Å². The molecule has 0 saturated carbocycles. The zero-order valence-electron chi connectivity index (χ0n) is 10.0. The van der Waals surface area contributed by atoms with Crippen LogP contribution in [0, 0.1) is 0 Å². The minimum absolute atomic E-state index is 0.692. The fourth-order valence-corrected chi connectivity index (χ4v) is 2.09. The lowest BCUT2D eigenvalue weighted by atomic mass is 10.1. The Morgan fingerprint density at radius 1 is 1.39 bits per heavy atom. The van der Waals surface area contributed by atoms with Gasteiger partial charge in [0.1, 0.15) is 5.75 Å². The van der Waals surface area contributed by atoms with Crippen molar-refractivity contribution in [1.82, 2.24) is 15.2 Å². The molecule has 0 fully saturated rings. The molecular weight excluding hydrogens is 228 g/mol. The van der Waals surface area contributed by atoms with Crippen molar-refractivity contribution in [1.29, 1.82) is 0 Å². The van der Waals surface area contributed by atoms with Crippen LogP contribution in [0.25, 0.3) is 10.9 Å². The van der Waals surface area contributed by atoms with Crippen LogP contribution >= 0.6 is 0 Å². The number of H-pyrrole nitrogens is 2. The second kappa shape index (κ2) is 4.10. The number of ether oxygens (including phenoxy) is 1. The van der Waals surface area contributed by atoms with E-state index in [1.165, 1.54) is 10.9 Å². The zero-order valence-corrected chi connectivity index (χ0v) is 10.0. The molecule has 0 spiro atoms. The highest BCUT2D eigenvalue weighted by molar-refractivity contribution is 5.84. The van der Waals surface area contributed by atoms with Crippen LogP contribution in [0.1, 0.15) is 11.3 Å². The molecule has 18 heavy (non-hydrogen) atoms. The largest absolute Gasteiger partial charge is 0.497 e. The first kappa shape index (κ1) is 10.7. The van der Waals surface area contributed by atoms with Gasteiger partial charge in [0.2, 0.25) is 0 Å². The minimum atomic E-state index is 0.692. The number of nitrogens with zero attached hydrogens (tertiary/aromatic N) is 1. The molecule has 0 aliphatic heterocycles. The van der Waals surface area contributed by atoms with Gasteiger partial charge in [0.15, 0.2) is 0 Å². The summed E-state index contributed by atoms with van der Waals surface area (Å²) >= 11 is 0. The average Bonchev–Trinajstić information content (AvgIpc) is 2.97. The standard InChI is InChI=1S/C13H14N4O/c1-18-9-2-3-10-8(6-15-12(10)5-9)4-13-11(14)7-16-17-13/h2-3,5-7,15H,4,14H2,1H3,(H,16,17). The van der Waals surface area contributed by atoms with E-state index in [-0.39, 0.29) is 0 Å². The molecule has 4 N–H and O–H groups in total. The summed E-state index contributed by atoms with van der Waals surface area (Å²) in [5.41, 5.74) is 9.69. The summed E-state index contributed by atoms with van der Waals surface area (Å²) in [6.45, 7) is 0. The molecule has 0 amide bonds. The van der Waals surface area contributed by atoms with Gasteiger partial charge in [-0.25, -0.2) is 0 Å². The molecule has 0 atom stereocenters. The van der Waals surface area contributed by atoms with E-state index in [0.717, 1.165) is 23.4 Å². The summed E-state index contributed by atoms with van der Waals surface area (Å²) in [7, 11) is 1.66. The predicted octanol–water partition coefficient (Wildman–Crippen LogP) is 2.07. The topological polar surface area (TPSA) is 79.7 Å². The molecule has 2 aromatic heterocycles. The normalized spacial score (nSPS) is 10.9. The Morgan fingerprint density at radius 3 is 3.00 bits per heavy atom. The highest BCUT2D eigenvalue weighted by atomic mass is 16.5. The Balaban J connectivity index is 2.00. The molecule has 0 aliphatic rings. The van der Waals surface area contributed by atoms with Gasteiger partial charge in [-0.1, -0.05) is 0 Å². The van der Waals surface area contributed by atoms with E-state index in [1.54, 1.807) is 13.3 Å². The van der Waals surface area contributed by atoms with Crippen molar-refractivity contribution in [3.8, 4) is 5.75 Å². The van der Waals surface area contributed by atoms with Crippen LogP contribution in [0.5, 0.6) is 5.75 Å². The van der Waals surface area contributed by atoms with Crippen molar-refractivity contribution >= 4 is 16.6 Å². The van der Waals surface area contributed by atoms with Gasteiger partial charge in [0, 0.05) is 29.6 Å². The first-order chi connectivity index (χ1) is 8.78. The van der Waals surface area contributed by atoms with Crippen LogP contribution in [0.4, 0.5) is 5.69 Å². The highest BCUT2D eigenvalue weighted by Crippen LogP contribution is 2.25. The summed E-state index contributed by atoms with van der Waals surface area (Å²) in [5.74, 6) is 0.844. The maximum atomic E-state index is 5.82. The number of benzene rings is 1. The third kappa shape index (κ3) is 1.69. The summed E-state index contributed by atoms with van der Waals surface area (Å²) in [6.07, 6.45) is 4.36. The molecule has 0 bridgehead atoms. The summed E-state index contributed by atoms with van der Waals surface area (Å²) in [6, 6.07) is 5.98. The Bertz CT molecular complexity index is 683. The summed E-state index contributed by atoms with van der Waals surface area (Å²) < 4.78 is 5.20. The quantitative estimate of drug-likeness (QED) is 0.657. The van der Waals surface area contributed by atoms with Gasteiger partial charge in [-0.15, -0.1) is 0 Å². The predicted molar refractivity (Wildman–Crippen MR) is 70.7 cm³/mol. The molecule has 0 saturated heterocycles. The van der Waals surface area contributed by atoms with Gasteiger partial charge in [-0.2, -0.15) is 5.10 Å². The molecule has 0 aliphatic carbocycles. The van der Waals surface area contributed by atoms with Gasteiger partial charge in [0.05, 0.1) is 24.7 Å². The lowest BCUT2D eigenvalue weighted by Gasteiger charge is -2.01. The number of fused-ring (bicyclic) bond motifs is 1. The van der Waals surface area contributed by atoms with Gasteiger partial charge in [-0.3, -0.25) is 5.10 Å². The smallest absolute Gasteiger partial charge is 0.120 e. The summed E-state index contributed by atoms with van der Waals surface area (Å²) in [4.78, 5) is 3.24. The first-order valence-electron chi connectivity index (χ1n) is 5.69. The monoisotopic (exact) mass is 242 g/mol. The molecule has 2 heterocycles. The van der Waals surface area contributed by atoms with Crippen LogP contribution in [0.15, 0.2) is 30.6 Å². The van der Waals surface area contributed by atoms with Crippen LogP contribution < -0.4 is 10.5 Å². The number of rotatable bonds is 3. The van der Waals surface area contributed by atoms with E-state index >= 15 is 0 Å². The number of nitrogens with two attached hydrogens (primary N) is 1. The van der Waals surface area contributed by atoms with Crippen LogP contribution in [0.2, 0.25) is 0 Å². The molecule has 92 valence electrons. The number of methoxy groups -OCH3 is 1. The fraction of sp³-hybridized carbons (Fsp3) is 0.154. The number of anilines is 1. The molecule has 3 aromatic rings. The SMILES string of the molecule is COc1ccc2c(Cc3[nH]ncc3N)c[nH]c2c1. The van der Waals surface area contributed by atoms with Gasteiger partial charge >= 0.3 is 0 Å². The Labute approximate surface area is 104 Å². The molecule has 5 nitrogen and oxygen atoms in total. The number of nitrogen functional groups attached to an aromatic ring is 1. The molecule has 0 radical (unpaired) electrons. The van der Waals surface area contributed by atoms with Crippen molar-refractivity contribution in [3.63, 3.8) is 0 Å². The van der Waals surface area contributed by atoms with Crippen LogP contribution in [0.3, 0.4) is 0 Å². The van der Waals surface area contributed by atoms with Crippen LogP contribution in [-0.2, 0) is 6.42 Å². The second-order valence-corrected chi connectivity index (χ2v) is 4.21. The lowest BCUT2D eigenvalue weighted by Crippen LogP contribution is -1.93. The maximum Gasteiger partial charge on any atom is 0.120 e. The number of aromatic nitrogens is 3. The highest BCUT2D eigenvalue weighted by Gasteiger charge is 2.08. The molecule has 3 rings (SSSR count). The van der Waals surface area contributed by atoms with Crippen molar-refractivity contribution < 1.29 is 4.74 Å². The average molecular weight is 242 g/mol. The number of hydrogen-bond acceptors (Lipinski definition) is 3. The third-order valence-corrected chi connectivity index (χ3v) is 3.09. The molecule has 1 aromatic carbocycles. The summed E-state index contributed by atoms with van der Waals surface area (Å²) in [5, 5.41) is 8.02. The Kier molecular flexibility index (Phi) is 2.44. The minimum Gasteiger partial charge on any atom is -0.497 e. The van der Waals surface area contributed by atoms with Crippen molar-refractivity contribution in [3.05, 3.63) is 41.9 Å². The number of aromatic amines is 2. The van der Waals surface area contributed by atoms with E-state index in [2.05, 4.69) is 15.2 Å². The zero-order chi connectivity index (χ0) is 12.5. The van der Waals surface area contributed by atoms with E-state index in [9.17, 15) is 0 Å². The molecular formula is C13H14N4O. The van der Waals surface area contributed by atoms with Gasteiger partial charge in [-0.05, 0) is 17.7 Å². The lowest BCUT2D eigenvalue weighted by molar-refractivity contribution is 0.415. The van der Waals surface area contributed by atoms with E-state index in [1.807, 2.05) is 24.4 Å². The van der Waals surface area contributed by atoms with E-state index in [4.69, 9.17) is 10.5 Å². The fourth-order valence-electron chi connectivity index (χ4n) is 2.09. The molecule has 0 unspecified atom stereocenters. The van der Waals surface area contributed by atoms with Crippen molar-refractivity contribution in [2.75, 3.05) is 12.8 Å². The maximum absolute atomic E-state index is 5.82. The number of hydrogen-bond donors (Lipinski definition) is 3. The Hall–Kier alpha value is -2.43. The van der Waals surface area contributed by atoms with Crippen molar-refractivity contribution in [2.45, 2.75) is 6.42 Å². The Morgan fingerprint density at radius 2 is 2.28 bits per heavy atom. The van der Waals surface area contributed by atoms with Gasteiger partial charge < -0.3 is 15.5 Å². The molecule has 5 heteroatoms. The number of nitrogens with one attached hydrogen (secondary N) is 2. The van der Waals surface area contributed by atoms with Crippen molar-refractivity contribution in [2.24, 2.45) is 0 Å². The van der Waals surface area contributed by atoms with Crippen LogP contribution in [-0.4, -0.2) is 22.3 Å². The first-order valence-corrected chi connectivity index (χ1v) is 5.69. The van der Waals surface area contributed by atoms with Gasteiger partial charge in [0.25, 0.3) is 0 Å². The van der Waals surface area contributed by atoms with E-state index < -0.39 is 0 Å². The second-order valence-electron chi connectivity index (χ2n) is 4.21. The third-order valence-electron chi connectivity index (χ3n) is 3.09.